The van der Waals surface area contributed by atoms with Crippen LogP contribution < -0.4 is 15.0 Å². The molecule has 0 amide bonds. The molecule has 4 fully saturated rings. The van der Waals surface area contributed by atoms with Gasteiger partial charge in [-0.3, -0.25) is 9.88 Å². The lowest BCUT2D eigenvalue weighted by atomic mass is 9.95. The minimum atomic E-state index is -0.403. The van der Waals surface area contributed by atoms with E-state index in [1.165, 1.54) is 12.8 Å². The van der Waals surface area contributed by atoms with Crippen molar-refractivity contribution in [2.45, 2.75) is 70.0 Å². The minimum absolute atomic E-state index is 0.0766. The highest BCUT2D eigenvalue weighted by Crippen LogP contribution is 2.40. The van der Waals surface area contributed by atoms with Gasteiger partial charge in [0, 0.05) is 36.9 Å². The van der Waals surface area contributed by atoms with E-state index in [1.807, 2.05) is 32.0 Å². The number of hydrogen-bond donors (Lipinski definition) is 1. The molecule has 0 aliphatic carbocycles. The Morgan fingerprint density at radius 3 is 2.59 bits per heavy atom. The van der Waals surface area contributed by atoms with Crippen LogP contribution in [-0.2, 0) is 0 Å². The van der Waals surface area contributed by atoms with Crippen LogP contribution in [0.4, 0.5) is 10.2 Å². The number of aromatic nitrogens is 3. The summed E-state index contributed by atoms with van der Waals surface area (Å²) < 4.78 is 22.6. The quantitative estimate of drug-likeness (QED) is 0.555. The van der Waals surface area contributed by atoms with Gasteiger partial charge in [-0.15, -0.1) is 0 Å². The molecule has 3 aromatic rings. The number of piperazine rings is 1. The zero-order valence-corrected chi connectivity index (χ0v) is 21.8. The Labute approximate surface area is 217 Å². The number of pyridine rings is 1. The molecule has 2 unspecified atom stereocenters. The number of nitrogens with one attached hydrogen (secondary N) is 1. The number of hydrogen-bond acceptors (Lipinski definition) is 7. The summed E-state index contributed by atoms with van der Waals surface area (Å²) in [6.07, 6.45) is 8.78. The minimum Gasteiger partial charge on any atom is -0.461 e. The van der Waals surface area contributed by atoms with Crippen LogP contribution in [0, 0.1) is 19.7 Å². The summed E-state index contributed by atoms with van der Waals surface area (Å²) in [7, 11) is 0. The smallest absolute Gasteiger partial charge is 0.319 e. The molecule has 7 rings (SSSR count). The Kier molecular flexibility index (Phi) is 5.59. The van der Waals surface area contributed by atoms with E-state index in [0.29, 0.717) is 35.3 Å². The Bertz CT molecular complexity index is 1340. The van der Waals surface area contributed by atoms with E-state index in [1.54, 1.807) is 6.20 Å². The molecule has 2 aromatic heterocycles. The summed E-state index contributed by atoms with van der Waals surface area (Å²) in [6.45, 7) is 8.58. The van der Waals surface area contributed by atoms with E-state index in [-0.39, 0.29) is 11.5 Å². The van der Waals surface area contributed by atoms with Gasteiger partial charge >= 0.3 is 6.01 Å². The molecule has 8 heteroatoms. The fourth-order valence-corrected chi connectivity index (χ4v) is 7.15. The van der Waals surface area contributed by atoms with Crippen molar-refractivity contribution in [1.82, 2.24) is 25.2 Å². The van der Waals surface area contributed by atoms with Crippen LogP contribution in [0.25, 0.3) is 22.2 Å². The van der Waals surface area contributed by atoms with Crippen molar-refractivity contribution < 1.29 is 9.13 Å². The van der Waals surface area contributed by atoms with Crippen molar-refractivity contribution in [2.24, 2.45) is 0 Å². The van der Waals surface area contributed by atoms with Crippen LogP contribution in [0.1, 0.15) is 49.7 Å². The first kappa shape index (κ1) is 23.3. The summed E-state index contributed by atoms with van der Waals surface area (Å²) in [5, 5.41) is 4.34. The lowest BCUT2D eigenvalue weighted by Crippen LogP contribution is -2.51. The van der Waals surface area contributed by atoms with Crippen LogP contribution in [0.5, 0.6) is 6.01 Å². The highest BCUT2D eigenvalue weighted by molar-refractivity contribution is 5.92. The summed E-state index contributed by atoms with van der Waals surface area (Å²) in [5.74, 6) is 0.337. The maximum absolute atomic E-state index is 16.3. The number of aryl methyl sites for hydroxylation is 1. The third kappa shape index (κ3) is 3.87. The number of benzene rings is 1. The lowest BCUT2D eigenvalue weighted by Gasteiger charge is -2.34. The summed E-state index contributed by atoms with van der Waals surface area (Å²) in [6, 6.07) is 7.07. The van der Waals surface area contributed by atoms with E-state index >= 15 is 4.39 Å². The van der Waals surface area contributed by atoms with Gasteiger partial charge in [0.1, 0.15) is 23.6 Å². The van der Waals surface area contributed by atoms with Gasteiger partial charge in [-0.25, -0.2) is 4.39 Å². The van der Waals surface area contributed by atoms with E-state index < -0.39 is 5.82 Å². The molecule has 2 atom stereocenters. The van der Waals surface area contributed by atoms with Gasteiger partial charge in [0.2, 0.25) is 0 Å². The number of nitrogens with zero attached hydrogens (tertiary/aromatic N) is 5. The van der Waals surface area contributed by atoms with E-state index in [2.05, 4.69) is 25.1 Å². The first-order valence-corrected chi connectivity index (χ1v) is 13.8. The third-order valence-corrected chi connectivity index (χ3v) is 9.30. The van der Waals surface area contributed by atoms with Crippen molar-refractivity contribution in [2.75, 3.05) is 37.7 Å². The first-order chi connectivity index (χ1) is 18.0. The molecule has 4 aliphatic heterocycles. The summed E-state index contributed by atoms with van der Waals surface area (Å²) in [5.41, 5.74) is 3.64. The topological polar surface area (TPSA) is 66.4 Å². The van der Waals surface area contributed by atoms with Gasteiger partial charge in [0.05, 0.1) is 10.9 Å². The van der Waals surface area contributed by atoms with Gasteiger partial charge in [0.25, 0.3) is 0 Å². The van der Waals surface area contributed by atoms with Crippen LogP contribution in [0.3, 0.4) is 0 Å². The Morgan fingerprint density at radius 1 is 1.08 bits per heavy atom. The van der Waals surface area contributed by atoms with Gasteiger partial charge in [-0.1, -0.05) is 18.2 Å². The summed E-state index contributed by atoms with van der Waals surface area (Å²) in [4.78, 5) is 19.1. The number of anilines is 1. The monoisotopic (exact) mass is 502 g/mol. The maximum Gasteiger partial charge on any atom is 0.319 e. The molecule has 0 saturated carbocycles. The van der Waals surface area contributed by atoms with Crippen LogP contribution >= 0.6 is 0 Å². The Hall–Kier alpha value is -2.84. The largest absolute Gasteiger partial charge is 0.461 e. The van der Waals surface area contributed by atoms with Crippen LogP contribution in [0.15, 0.2) is 24.4 Å². The first-order valence-electron chi connectivity index (χ1n) is 13.8. The highest BCUT2D eigenvalue weighted by Gasteiger charge is 2.45. The average Bonchev–Trinajstić information content (AvgIpc) is 3.58. The van der Waals surface area contributed by atoms with Gasteiger partial charge < -0.3 is 15.0 Å². The molecular weight excluding hydrogens is 467 g/mol. The van der Waals surface area contributed by atoms with Gasteiger partial charge in [-0.2, -0.15) is 9.97 Å². The molecule has 2 bridgehead atoms. The molecule has 1 N–H and O–H groups in total. The SMILES string of the molecule is Cc1cccc(-c2ncc3c(N4CC5CCC(C4)N5)nc(OCC45CCCN4CCC5)nc3c2F)c1C. The normalized spacial score (nSPS) is 24.7. The van der Waals surface area contributed by atoms with Crippen molar-refractivity contribution in [3.8, 4) is 17.3 Å². The van der Waals surface area contributed by atoms with Crippen molar-refractivity contribution in [1.29, 1.82) is 0 Å². The number of halogens is 1. The standard InChI is InChI=1S/C29H35FN6O/c1-18-6-3-7-22(19(18)2)25-24(30)26-23(14-31-25)27(35-15-20-8-9-21(16-35)32-20)34-28(33-26)37-17-29-10-4-12-36(29)13-5-11-29/h3,6-7,14,20-21,32H,4-5,8-13,15-17H2,1-2H3. The molecule has 4 saturated heterocycles. The zero-order valence-electron chi connectivity index (χ0n) is 21.8. The molecule has 4 aliphatic rings. The Morgan fingerprint density at radius 2 is 1.84 bits per heavy atom. The highest BCUT2D eigenvalue weighted by atomic mass is 19.1. The fourth-order valence-electron chi connectivity index (χ4n) is 7.15. The van der Waals surface area contributed by atoms with E-state index in [0.717, 1.165) is 74.4 Å². The van der Waals surface area contributed by atoms with E-state index in [4.69, 9.17) is 9.72 Å². The molecule has 1 aromatic carbocycles. The van der Waals surface area contributed by atoms with Crippen LogP contribution in [0.2, 0.25) is 0 Å². The second-order valence-electron chi connectivity index (χ2n) is 11.5. The number of rotatable bonds is 5. The van der Waals surface area contributed by atoms with Crippen molar-refractivity contribution in [3.63, 3.8) is 0 Å². The molecule has 37 heavy (non-hydrogen) atoms. The zero-order chi connectivity index (χ0) is 25.1. The molecule has 6 heterocycles. The number of fused-ring (bicyclic) bond motifs is 4. The second-order valence-corrected chi connectivity index (χ2v) is 11.5. The van der Waals surface area contributed by atoms with Gasteiger partial charge in [-0.05, 0) is 76.6 Å². The maximum atomic E-state index is 16.3. The molecule has 0 spiro atoms. The van der Waals surface area contributed by atoms with Crippen molar-refractivity contribution >= 4 is 16.7 Å². The molecule has 7 nitrogen and oxygen atoms in total. The predicted octanol–water partition coefficient (Wildman–Crippen LogP) is 4.40. The number of ether oxygens (including phenoxy) is 1. The van der Waals surface area contributed by atoms with Crippen LogP contribution in [-0.4, -0.2) is 70.3 Å². The summed E-state index contributed by atoms with van der Waals surface area (Å²) >= 11 is 0. The van der Waals surface area contributed by atoms with Crippen molar-refractivity contribution in [3.05, 3.63) is 41.3 Å². The van der Waals surface area contributed by atoms with Gasteiger partial charge in [0.15, 0.2) is 5.82 Å². The fraction of sp³-hybridized carbons (Fsp3) is 0.552. The third-order valence-electron chi connectivity index (χ3n) is 9.30. The molecule has 0 radical (unpaired) electrons. The molecular formula is C29H35FN6O. The molecule has 194 valence electrons. The average molecular weight is 503 g/mol. The second kappa shape index (κ2) is 8.88. The lowest BCUT2D eigenvalue weighted by molar-refractivity contribution is 0.108. The predicted molar refractivity (Wildman–Crippen MR) is 143 cm³/mol. The van der Waals surface area contributed by atoms with E-state index in [9.17, 15) is 0 Å². The Balaban J connectivity index is 1.32.